The lowest BCUT2D eigenvalue weighted by atomic mass is 9.85. The highest BCUT2D eigenvalue weighted by molar-refractivity contribution is 6.33. The third-order valence-electron chi connectivity index (χ3n) is 3.76. The van der Waals surface area contributed by atoms with Crippen LogP contribution in [0.3, 0.4) is 0 Å². The van der Waals surface area contributed by atoms with Crippen LogP contribution < -0.4 is 11.2 Å². The zero-order valence-electron chi connectivity index (χ0n) is 12.3. The Morgan fingerprint density at radius 3 is 2.90 bits per heavy atom. The van der Waals surface area contributed by atoms with Gasteiger partial charge in [0.05, 0.1) is 19.0 Å². The summed E-state index contributed by atoms with van der Waals surface area (Å²) in [4.78, 5) is 18.0. The standard InChI is InChI=1S/C13H19ClN6O/c1-13(2,3)8-4-7(21-19-8)5-20-6-16-9-10(14)17-12(15)18-11(9)20/h6-8,19H,4-5H2,1-3H3,(H2,15,17,18)/t7-,8?/m1/s1. The van der Waals surface area contributed by atoms with Crippen LogP contribution >= 0.6 is 11.6 Å². The van der Waals surface area contributed by atoms with Gasteiger partial charge in [0.15, 0.2) is 10.8 Å². The van der Waals surface area contributed by atoms with Crippen LogP contribution in [0.15, 0.2) is 6.33 Å². The van der Waals surface area contributed by atoms with Crippen molar-refractivity contribution in [1.82, 2.24) is 25.0 Å². The number of nitrogens with one attached hydrogen (secondary N) is 1. The highest BCUT2D eigenvalue weighted by Crippen LogP contribution is 2.28. The van der Waals surface area contributed by atoms with Crippen LogP contribution in [0.1, 0.15) is 27.2 Å². The molecule has 2 aromatic heterocycles. The van der Waals surface area contributed by atoms with Crippen molar-refractivity contribution in [3.05, 3.63) is 11.5 Å². The number of hydrogen-bond acceptors (Lipinski definition) is 6. The van der Waals surface area contributed by atoms with Gasteiger partial charge < -0.3 is 10.3 Å². The van der Waals surface area contributed by atoms with Crippen LogP contribution in [0.2, 0.25) is 5.15 Å². The summed E-state index contributed by atoms with van der Waals surface area (Å²) in [5.41, 5.74) is 10.1. The highest BCUT2D eigenvalue weighted by Gasteiger charge is 2.34. The van der Waals surface area contributed by atoms with Gasteiger partial charge in [-0.2, -0.15) is 15.4 Å². The number of rotatable bonds is 2. The van der Waals surface area contributed by atoms with Crippen molar-refractivity contribution in [2.75, 3.05) is 5.73 Å². The van der Waals surface area contributed by atoms with E-state index >= 15 is 0 Å². The molecular formula is C13H19ClN6O. The fourth-order valence-electron chi connectivity index (χ4n) is 2.46. The predicted molar refractivity (Wildman–Crippen MR) is 80.6 cm³/mol. The molecule has 0 bridgehead atoms. The molecule has 3 rings (SSSR count). The van der Waals surface area contributed by atoms with Gasteiger partial charge in [-0.1, -0.05) is 32.4 Å². The Morgan fingerprint density at radius 1 is 1.48 bits per heavy atom. The van der Waals surface area contributed by atoms with E-state index in [1.165, 1.54) is 0 Å². The number of fused-ring (bicyclic) bond motifs is 1. The van der Waals surface area contributed by atoms with Gasteiger partial charge in [0, 0.05) is 6.04 Å². The van der Waals surface area contributed by atoms with Crippen molar-refractivity contribution in [2.24, 2.45) is 5.41 Å². The second-order valence-corrected chi connectivity index (χ2v) is 6.81. The van der Waals surface area contributed by atoms with Crippen molar-refractivity contribution < 1.29 is 4.84 Å². The molecule has 1 saturated heterocycles. The smallest absolute Gasteiger partial charge is 0.223 e. The normalized spacial score (nSPS) is 23.0. The van der Waals surface area contributed by atoms with E-state index in [1.54, 1.807) is 6.33 Å². The van der Waals surface area contributed by atoms with E-state index in [1.807, 2.05) is 4.57 Å². The summed E-state index contributed by atoms with van der Waals surface area (Å²) in [6, 6.07) is 0.320. The molecule has 0 radical (unpaired) electrons. The molecule has 114 valence electrons. The number of nitrogens with two attached hydrogens (primary N) is 1. The molecular weight excluding hydrogens is 292 g/mol. The number of nitrogen functional groups attached to an aromatic ring is 1. The lowest BCUT2D eigenvalue weighted by molar-refractivity contribution is 0.00896. The molecule has 0 aliphatic carbocycles. The maximum atomic E-state index is 6.02. The summed E-state index contributed by atoms with van der Waals surface area (Å²) in [6.07, 6.45) is 2.68. The second kappa shape index (κ2) is 5.08. The third-order valence-corrected chi connectivity index (χ3v) is 4.02. The molecule has 1 unspecified atom stereocenters. The number of imidazole rings is 1. The molecule has 1 fully saturated rings. The minimum absolute atomic E-state index is 0.0570. The van der Waals surface area contributed by atoms with E-state index in [0.29, 0.717) is 23.8 Å². The first-order valence-electron chi connectivity index (χ1n) is 6.89. The monoisotopic (exact) mass is 310 g/mol. The minimum atomic E-state index is 0.0570. The lowest BCUT2D eigenvalue weighted by Crippen LogP contribution is -2.34. The van der Waals surface area contributed by atoms with E-state index < -0.39 is 0 Å². The summed E-state index contributed by atoms with van der Waals surface area (Å²) in [5, 5.41) is 0.272. The molecule has 21 heavy (non-hydrogen) atoms. The zero-order valence-corrected chi connectivity index (χ0v) is 13.1. The number of aromatic nitrogens is 4. The van der Waals surface area contributed by atoms with E-state index in [9.17, 15) is 0 Å². The van der Waals surface area contributed by atoms with Gasteiger partial charge in [0.2, 0.25) is 5.95 Å². The SMILES string of the molecule is CC(C)(C)C1C[C@H](Cn2cnc3c(Cl)nc(N)nc32)ON1. The molecule has 2 aromatic rings. The van der Waals surface area contributed by atoms with Crippen LogP contribution in [-0.2, 0) is 11.4 Å². The zero-order chi connectivity index (χ0) is 15.2. The average Bonchev–Trinajstić information content (AvgIpc) is 2.97. The molecule has 0 saturated carbocycles. The van der Waals surface area contributed by atoms with E-state index in [0.717, 1.165) is 6.42 Å². The molecule has 2 atom stereocenters. The fraction of sp³-hybridized carbons (Fsp3) is 0.615. The molecule has 1 aliphatic rings. The van der Waals surface area contributed by atoms with Crippen LogP contribution in [0.5, 0.6) is 0 Å². The topological polar surface area (TPSA) is 90.9 Å². The minimum Gasteiger partial charge on any atom is -0.368 e. The Labute approximate surface area is 127 Å². The number of halogens is 1. The van der Waals surface area contributed by atoms with E-state index in [-0.39, 0.29) is 22.6 Å². The van der Waals surface area contributed by atoms with Gasteiger partial charge in [-0.25, -0.2) is 4.98 Å². The van der Waals surface area contributed by atoms with Gasteiger partial charge >= 0.3 is 0 Å². The van der Waals surface area contributed by atoms with Crippen LogP contribution in [0.25, 0.3) is 11.2 Å². The Balaban J connectivity index is 1.80. The van der Waals surface area contributed by atoms with Crippen molar-refractivity contribution in [3.8, 4) is 0 Å². The Hall–Kier alpha value is -1.44. The molecule has 1 aliphatic heterocycles. The molecule has 7 nitrogen and oxygen atoms in total. The molecule has 0 amide bonds. The lowest BCUT2D eigenvalue weighted by Gasteiger charge is -2.25. The first kappa shape index (κ1) is 14.5. The maximum Gasteiger partial charge on any atom is 0.223 e. The van der Waals surface area contributed by atoms with Gasteiger partial charge in [-0.15, -0.1) is 0 Å². The van der Waals surface area contributed by atoms with Gasteiger partial charge in [0.25, 0.3) is 0 Å². The highest BCUT2D eigenvalue weighted by atomic mass is 35.5. The number of hydroxylamine groups is 1. The summed E-state index contributed by atoms with van der Waals surface area (Å²) in [6.45, 7) is 7.22. The summed E-state index contributed by atoms with van der Waals surface area (Å²) in [5.74, 6) is 0.146. The van der Waals surface area contributed by atoms with Crippen molar-refractivity contribution in [2.45, 2.75) is 45.9 Å². The summed E-state index contributed by atoms with van der Waals surface area (Å²) >= 11 is 6.02. The first-order chi connectivity index (χ1) is 9.84. The van der Waals surface area contributed by atoms with E-state index in [2.05, 4.69) is 41.2 Å². The average molecular weight is 311 g/mol. The maximum absolute atomic E-state index is 6.02. The van der Waals surface area contributed by atoms with E-state index in [4.69, 9.17) is 22.2 Å². The third kappa shape index (κ3) is 2.81. The molecule has 0 aromatic carbocycles. The van der Waals surface area contributed by atoms with Gasteiger partial charge in [-0.05, 0) is 11.8 Å². The number of hydrogen-bond donors (Lipinski definition) is 2. The largest absolute Gasteiger partial charge is 0.368 e. The second-order valence-electron chi connectivity index (χ2n) is 6.45. The van der Waals surface area contributed by atoms with Crippen LogP contribution in [0, 0.1) is 5.41 Å². The molecule has 0 spiro atoms. The van der Waals surface area contributed by atoms with Gasteiger partial charge in [-0.3, -0.25) is 4.84 Å². The first-order valence-corrected chi connectivity index (χ1v) is 7.27. The van der Waals surface area contributed by atoms with Crippen LogP contribution in [0.4, 0.5) is 5.95 Å². The molecule has 3 N–H and O–H groups in total. The quantitative estimate of drug-likeness (QED) is 0.822. The summed E-state index contributed by atoms with van der Waals surface area (Å²) in [7, 11) is 0. The van der Waals surface area contributed by atoms with Gasteiger partial charge in [0.1, 0.15) is 5.52 Å². The number of nitrogens with zero attached hydrogens (tertiary/aromatic N) is 4. The van der Waals surface area contributed by atoms with Crippen molar-refractivity contribution in [3.63, 3.8) is 0 Å². The Morgan fingerprint density at radius 2 is 2.24 bits per heavy atom. The summed E-state index contributed by atoms with van der Waals surface area (Å²) < 4.78 is 1.90. The molecule has 3 heterocycles. The molecule has 8 heteroatoms. The number of anilines is 1. The van der Waals surface area contributed by atoms with Crippen molar-refractivity contribution in [1.29, 1.82) is 0 Å². The van der Waals surface area contributed by atoms with Crippen molar-refractivity contribution >= 4 is 28.7 Å². The Bertz CT molecular complexity index is 664. The Kier molecular flexibility index (Phi) is 3.51. The van der Waals surface area contributed by atoms with Crippen LogP contribution in [-0.4, -0.2) is 31.7 Å². The fourth-order valence-corrected chi connectivity index (χ4v) is 2.68. The predicted octanol–water partition coefficient (Wildman–Crippen LogP) is 1.77.